The Kier molecular flexibility index (Phi) is 4.47. The van der Waals surface area contributed by atoms with Gasteiger partial charge in [0.05, 0.1) is 25.1 Å². The molecule has 0 aliphatic rings. The first-order valence-corrected chi connectivity index (χ1v) is 6.48. The SMILES string of the molecule is CCOc1cnc(-c2ccccc2C(O)CC)nc1. The number of aromatic nitrogens is 2. The summed E-state index contributed by atoms with van der Waals surface area (Å²) in [5, 5.41) is 10.0. The van der Waals surface area contributed by atoms with Crippen LogP contribution >= 0.6 is 0 Å². The fraction of sp³-hybridized carbons (Fsp3) is 0.333. The molecule has 0 spiro atoms. The van der Waals surface area contributed by atoms with Gasteiger partial charge in [-0.3, -0.25) is 0 Å². The molecule has 100 valence electrons. The highest BCUT2D eigenvalue weighted by molar-refractivity contribution is 5.60. The maximum atomic E-state index is 10.0. The highest BCUT2D eigenvalue weighted by Gasteiger charge is 2.13. The molecule has 0 amide bonds. The van der Waals surface area contributed by atoms with Gasteiger partial charge in [0.2, 0.25) is 0 Å². The molecule has 0 aliphatic heterocycles. The van der Waals surface area contributed by atoms with Crippen molar-refractivity contribution in [2.75, 3.05) is 6.61 Å². The van der Waals surface area contributed by atoms with Gasteiger partial charge in [-0.2, -0.15) is 0 Å². The molecule has 1 aromatic heterocycles. The number of hydrogen-bond donors (Lipinski definition) is 1. The minimum absolute atomic E-state index is 0.494. The molecule has 1 N–H and O–H groups in total. The van der Waals surface area contributed by atoms with Crippen LogP contribution in [0, 0.1) is 0 Å². The molecular weight excluding hydrogens is 240 g/mol. The lowest BCUT2D eigenvalue weighted by molar-refractivity contribution is 0.174. The van der Waals surface area contributed by atoms with Crippen LogP contribution in [0.15, 0.2) is 36.7 Å². The van der Waals surface area contributed by atoms with Crippen molar-refractivity contribution in [3.63, 3.8) is 0 Å². The lowest BCUT2D eigenvalue weighted by Gasteiger charge is -2.13. The second-order valence-corrected chi connectivity index (χ2v) is 4.19. The van der Waals surface area contributed by atoms with Crippen LogP contribution in [0.25, 0.3) is 11.4 Å². The minimum Gasteiger partial charge on any atom is -0.491 e. The third-order valence-electron chi connectivity index (χ3n) is 2.89. The molecule has 1 heterocycles. The summed E-state index contributed by atoms with van der Waals surface area (Å²) >= 11 is 0. The number of nitrogens with zero attached hydrogens (tertiary/aromatic N) is 2. The zero-order valence-corrected chi connectivity index (χ0v) is 11.2. The monoisotopic (exact) mass is 258 g/mol. The molecule has 1 unspecified atom stereocenters. The zero-order chi connectivity index (χ0) is 13.7. The maximum Gasteiger partial charge on any atom is 0.159 e. The van der Waals surface area contributed by atoms with Crippen LogP contribution in [0.1, 0.15) is 31.9 Å². The Balaban J connectivity index is 2.35. The highest BCUT2D eigenvalue weighted by Crippen LogP contribution is 2.27. The van der Waals surface area contributed by atoms with Crippen molar-refractivity contribution in [1.29, 1.82) is 0 Å². The normalized spacial score (nSPS) is 12.2. The van der Waals surface area contributed by atoms with Gasteiger partial charge in [-0.15, -0.1) is 0 Å². The summed E-state index contributed by atoms with van der Waals surface area (Å²) in [4.78, 5) is 8.60. The van der Waals surface area contributed by atoms with Crippen LogP contribution in [0.2, 0.25) is 0 Å². The molecular formula is C15H18N2O2. The molecule has 2 aromatic rings. The van der Waals surface area contributed by atoms with Crippen molar-refractivity contribution in [3.8, 4) is 17.1 Å². The fourth-order valence-electron chi connectivity index (χ4n) is 1.91. The Morgan fingerprint density at radius 1 is 1.16 bits per heavy atom. The Bertz CT molecular complexity index is 526. The average molecular weight is 258 g/mol. The molecule has 0 saturated heterocycles. The van der Waals surface area contributed by atoms with Crippen LogP contribution in [0.5, 0.6) is 5.75 Å². The van der Waals surface area contributed by atoms with Crippen LogP contribution in [-0.2, 0) is 0 Å². The first kappa shape index (κ1) is 13.5. The van der Waals surface area contributed by atoms with E-state index in [9.17, 15) is 5.11 Å². The Labute approximate surface area is 113 Å². The number of aliphatic hydroxyl groups is 1. The fourth-order valence-corrected chi connectivity index (χ4v) is 1.91. The largest absolute Gasteiger partial charge is 0.491 e. The van der Waals surface area contributed by atoms with Crippen molar-refractivity contribution < 1.29 is 9.84 Å². The Morgan fingerprint density at radius 3 is 2.47 bits per heavy atom. The van der Waals surface area contributed by atoms with Crippen molar-refractivity contribution in [2.45, 2.75) is 26.4 Å². The van der Waals surface area contributed by atoms with Crippen molar-refractivity contribution in [2.24, 2.45) is 0 Å². The molecule has 0 bridgehead atoms. The summed E-state index contributed by atoms with van der Waals surface area (Å²) in [6.45, 7) is 4.45. The average Bonchev–Trinajstić information content (AvgIpc) is 2.47. The molecule has 0 fully saturated rings. The number of rotatable bonds is 5. The second kappa shape index (κ2) is 6.29. The van der Waals surface area contributed by atoms with E-state index in [2.05, 4.69) is 9.97 Å². The number of hydrogen-bond acceptors (Lipinski definition) is 4. The molecule has 0 saturated carbocycles. The summed E-state index contributed by atoms with van der Waals surface area (Å²) in [7, 11) is 0. The third kappa shape index (κ3) is 3.09. The molecule has 4 heteroatoms. The summed E-state index contributed by atoms with van der Waals surface area (Å²) in [5.41, 5.74) is 1.72. The van der Waals surface area contributed by atoms with Crippen molar-refractivity contribution in [3.05, 3.63) is 42.2 Å². The van der Waals surface area contributed by atoms with Gasteiger partial charge in [-0.05, 0) is 18.9 Å². The molecule has 4 nitrogen and oxygen atoms in total. The predicted octanol–water partition coefficient (Wildman–Crippen LogP) is 2.99. The lowest BCUT2D eigenvalue weighted by atomic mass is 10.0. The van der Waals surface area contributed by atoms with Crippen LogP contribution in [0.4, 0.5) is 0 Å². The molecule has 19 heavy (non-hydrogen) atoms. The van der Waals surface area contributed by atoms with Gasteiger partial charge in [0.25, 0.3) is 0 Å². The van der Waals surface area contributed by atoms with E-state index in [1.807, 2.05) is 38.1 Å². The minimum atomic E-state index is -0.494. The number of benzene rings is 1. The summed E-state index contributed by atoms with van der Waals surface area (Å²) in [6, 6.07) is 7.65. The molecule has 1 atom stereocenters. The quantitative estimate of drug-likeness (QED) is 0.895. The van der Waals surface area contributed by atoms with E-state index in [0.29, 0.717) is 24.6 Å². The smallest absolute Gasteiger partial charge is 0.159 e. The van der Waals surface area contributed by atoms with Gasteiger partial charge in [0, 0.05) is 5.56 Å². The van der Waals surface area contributed by atoms with E-state index in [1.54, 1.807) is 12.4 Å². The summed E-state index contributed by atoms with van der Waals surface area (Å²) in [5.74, 6) is 1.26. The van der Waals surface area contributed by atoms with Crippen LogP contribution in [0.3, 0.4) is 0 Å². The predicted molar refractivity (Wildman–Crippen MR) is 73.9 cm³/mol. The second-order valence-electron chi connectivity index (χ2n) is 4.19. The number of ether oxygens (including phenoxy) is 1. The third-order valence-corrected chi connectivity index (χ3v) is 2.89. The van der Waals surface area contributed by atoms with Gasteiger partial charge < -0.3 is 9.84 Å². The molecule has 0 aliphatic carbocycles. The summed E-state index contributed by atoms with van der Waals surface area (Å²) < 4.78 is 5.32. The van der Waals surface area contributed by atoms with E-state index in [4.69, 9.17) is 4.74 Å². The van der Waals surface area contributed by atoms with Gasteiger partial charge in [0.15, 0.2) is 11.6 Å². The Morgan fingerprint density at radius 2 is 1.84 bits per heavy atom. The standard InChI is InChI=1S/C15H18N2O2/c1-3-14(18)12-7-5-6-8-13(12)15-16-9-11(10-17-15)19-4-2/h5-10,14,18H,3-4H2,1-2H3. The molecule has 2 rings (SSSR count). The Hall–Kier alpha value is -1.94. The first-order valence-electron chi connectivity index (χ1n) is 6.48. The highest BCUT2D eigenvalue weighted by atomic mass is 16.5. The van der Waals surface area contributed by atoms with Crippen LogP contribution < -0.4 is 4.74 Å². The first-order chi connectivity index (χ1) is 9.26. The van der Waals surface area contributed by atoms with Gasteiger partial charge >= 0.3 is 0 Å². The topological polar surface area (TPSA) is 55.2 Å². The van der Waals surface area contributed by atoms with Crippen LogP contribution in [-0.4, -0.2) is 21.7 Å². The number of aliphatic hydroxyl groups excluding tert-OH is 1. The lowest BCUT2D eigenvalue weighted by Crippen LogP contribution is -2.01. The van der Waals surface area contributed by atoms with E-state index in [-0.39, 0.29) is 0 Å². The molecule has 0 radical (unpaired) electrons. The van der Waals surface area contributed by atoms with E-state index in [0.717, 1.165) is 11.1 Å². The summed E-state index contributed by atoms with van der Waals surface area (Å²) in [6.07, 6.45) is 3.47. The van der Waals surface area contributed by atoms with Gasteiger partial charge in [-0.1, -0.05) is 31.2 Å². The van der Waals surface area contributed by atoms with Gasteiger partial charge in [0.1, 0.15) is 0 Å². The van der Waals surface area contributed by atoms with Crippen molar-refractivity contribution >= 4 is 0 Å². The molecule has 1 aromatic carbocycles. The van der Waals surface area contributed by atoms with Crippen molar-refractivity contribution in [1.82, 2.24) is 9.97 Å². The zero-order valence-electron chi connectivity index (χ0n) is 11.2. The maximum absolute atomic E-state index is 10.0. The van der Waals surface area contributed by atoms with E-state index in [1.165, 1.54) is 0 Å². The van der Waals surface area contributed by atoms with Gasteiger partial charge in [-0.25, -0.2) is 9.97 Å². The van der Waals surface area contributed by atoms with E-state index < -0.39 is 6.10 Å². The van der Waals surface area contributed by atoms with E-state index >= 15 is 0 Å².